The molecule has 0 bridgehead atoms. The first-order valence-corrected chi connectivity index (χ1v) is 6.05. The number of esters is 1. The van der Waals surface area contributed by atoms with E-state index in [1.54, 1.807) is 19.1 Å². The predicted octanol–water partition coefficient (Wildman–Crippen LogP) is 1.63. The van der Waals surface area contributed by atoms with Gasteiger partial charge in [-0.25, -0.2) is 4.79 Å². The van der Waals surface area contributed by atoms with Gasteiger partial charge in [0.15, 0.2) is 0 Å². The van der Waals surface area contributed by atoms with E-state index in [4.69, 9.17) is 0 Å². The van der Waals surface area contributed by atoms with Crippen molar-refractivity contribution in [2.24, 2.45) is 5.92 Å². The fourth-order valence-corrected chi connectivity index (χ4v) is 1.71. The zero-order valence-electron chi connectivity index (χ0n) is 11.6. The second kappa shape index (κ2) is 6.22. The number of carbonyl (C=O) groups is 2. The third-order valence-electron chi connectivity index (χ3n) is 2.96. The highest BCUT2D eigenvalue weighted by molar-refractivity contribution is 5.98. The topological polar surface area (TPSA) is 75.6 Å². The summed E-state index contributed by atoms with van der Waals surface area (Å²) in [6, 6.07) is 3.98. The first-order valence-electron chi connectivity index (χ1n) is 6.05. The molecular formula is C14H19NO4. The van der Waals surface area contributed by atoms with E-state index < -0.39 is 17.9 Å². The van der Waals surface area contributed by atoms with Crippen LogP contribution in [-0.2, 0) is 9.53 Å². The molecule has 0 saturated carbocycles. The summed E-state index contributed by atoms with van der Waals surface area (Å²) < 4.78 is 4.66. The monoisotopic (exact) mass is 265 g/mol. The molecule has 5 nitrogen and oxygen atoms in total. The maximum absolute atomic E-state index is 12.1. The maximum atomic E-state index is 12.1. The van der Waals surface area contributed by atoms with Gasteiger partial charge in [0.2, 0.25) is 0 Å². The molecule has 0 radical (unpaired) electrons. The lowest BCUT2D eigenvalue weighted by Gasteiger charge is -2.20. The van der Waals surface area contributed by atoms with Crippen LogP contribution in [-0.4, -0.2) is 30.1 Å². The third kappa shape index (κ3) is 3.47. The number of ether oxygens (including phenoxy) is 1. The number of hydrogen-bond donors (Lipinski definition) is 2. The Morgan fingerprint density at radius 1 is 1.32 bits per heavy atom. The first kappa shape index (κ1) is 15.0. The molecule has 0 aliphatic rings. The van der Waals surface area contributed by atoms with E-state index in [1.807, 2.05) is 13.8 Å². The average Bonchev–Trinajstić information content (AvgIpc) is 2.37. The van der Waals surface area contributed by atoms with Crippen LogP contribution in [0.1, 0.15) is 29.8 Å². The number of phenolic OH excluding ortho intramolecular Hbond substituents is 1. The Morgan fingerprint density at radius 2 is 1.95 bits per heavy atom. The van der Waals surface area contributed by atoms with Crippen LogP contribution >= 0.6 is 0 Å². The molecule has 0 aliphatic heterocycles. The lowest BCUT2D eigenvalue weighted by atomic mass is 10.0. The lowest BCUT2D eigenvalue weighted by molar-refractivity contribution is -0.144. The molecule has 1 aromatic rings. The van der Waals surface area contributed by atoms with Crippen LogP contribution < -0.4 is 5.32 Å². The van der Waals surface area contributed by atoms with Gasteiger partial charge in [0.05, 0.1) is 7.11 Å². The molecule has 1 atom stereocenters. The van der Waals surface area contributed by atoms with E-state index in [2.05, 4.69) is 10.1 Å². The van der Waals surface area contributed by atoms with Crippen molar-refractivity contribution in [3.05, 3.63) is 29.3 Å². The minimum atomic E-state index is -0.709. The molecule has 2 N–H and O–H groups in total. The number of phenols is 1. The van der Waals surface area contributed by atoms with Crippen molar-refractivity contribution >= 4 is 11.9 Å². The number of aromatic hydroxyl groups is 1. The molecule has 19 heavy (non-hydrogen) atoms. The quantitative estimate of drug-likeness (QED) is 0.811. The fraction of sp³-hybridized carbons (Fsp3) is 0.429. The SMILES string of the molecule is COC(=O)C(NC(=O)c1cccc(O)c1C)C(C)C. The molecular weight excluding hydrogens is 246 g/mol. The van der Waals surface area contributed by atoms with Crippen molar-refractivity contribution in [3.63, 3.8) is 0 Å². The first-order chi connectivity index (χ1) is 8.88. The summed E-state index contributed by atoms with van der Waals surface area (Å²) in [5.74, 6) is -0.931. The Morgan fingerprint density at radius 3 is 2.47 bits per heavy atom. The van der Waals surface area contributed by atoms with Crippen LogP contribution in [0.25, 0.3) is 0 Å². The minimum Gasteiger partial charge on any atom is -0.508 e. The minimum absolute atomic E-state index is 0.0480. The zero-order valence-corrected chi connectivity index (χ0v) is 11.6. The number of nitrogens with one attached hydrogen (secondary N) is 1. The van der Waals surface area contributed by atoms with Crippen LogP contribution in [0.5, 0.6) is 5.75 Å². The summed E-state index contributed by atoms with van der Waals surface area (Å²) in [7, 11) is 1.28. The molecule has 0 aromatic heterocycles. The summed E-state index contributed by atoms with van der Waals surface area (Å²) in [5.41, 5.74) is 0.821. The molecule has 1 amide bonds. The summed E-state index contributed by atoms with van der Waals surface area (Å²) >= 11 is 0. The number of amides is 1. The smallest absolute Gasteiger partial charge is 0.328 e. The Labute approximate surface area is 112 Å². The molecule has 0 heterocycles. The molecule has 0 aliphatic carbocycles. The van der Waals surface area contributed by atoms with Gasteiger partial charge in [0.25, 0.3) is 5.91 Å². The van der Waals surface area contributed by atoms with Gasteiger partial charge in [-0.05, 0) is 25.0 Å². The highest BCUT2D eigenvalue weighted by atomic mass is 16.5. The third-order valence-corrected chi connectivity index (χ3v) is 2.96. The van der Waals surface area contributed by atoms with Crippen LogP contribution in [0.4, 0.5) is 0 Å². The maximum Gasteiger partial charge on any atom is 0.328 e. The molecule has 5 heteroatoms. The van der Waals surface area contributed by atoms with E-state index in [0.717, 1.165) is 0 Å². The molecule has 0 fully saturated rings. The number of benzene rings is 1. The molecule has 1 aromatic carbocycles. The van der Waals surface area contributed by atoms with E-state index in [-0.39, 0.29) is 11.7 Å². The van der Waals surface area contributed by atoms with Crippen LogP contribution in [0, 0.1) is 12.8 Å². The van der Waals surface area contributed by atoms with Gasteiger partial charge in [0.1, 0.15) is 11.8 Å². The Kier molecular flexibility index (Phi) is 4.92. The van der Waals surface area contributed by atoms with E-state index in [0.29, 0.717) is 11.1 Å². The van der Waals surface area contributed by atoms with E-state index >= 15 is 0 Å². The predicted molar refractivity (Wildman–Crippen MR) is 71.0 cm³/mol. The van der Waals surface area contributed by atoms with Gasteiger partial charge >= 0.3 is 5.97 Å². The number of hydrogen-bond acceptors (Lipinski definition) is 4. The molecule has 1 unspecified atom stereocenters. The van der Waals surface area contributed by atoms with Crippen LogP contribution in [0.15, 0.2) is 18.2 Å². The van der Waals surface area contributed by atoms with Crippen LogP contribution in [0.2, 0.25) is 0 Å². The van der Waals surface area contributed by atoms with E-state index in [1.165, 1.54) is 13.2 Å². The van der Waals surface area contributed by atoms with Crippen molar-refractivity contribution in [1.82, 2.24) is 5.32 Å². The molecule has 0 saturated heterocycles. The van der Waals surface area contributed by atoms with Gasteiger partial charge in [-0.3, -0.25) is 4.79 Å². The van der Waals surface area contributed by atoms with Gasteiger partial charge in [0, 0.05) is 11.1 Å². The second-order valence-electron chi connectivity index (χ2n) is 4.67. The lowest BCUT2D eigenvalue weighted by Crippen LogP contribution is -2.45. The van der Waals surface area contributed by atoms with Gasteiger partial charge < -0.3 is 15.2 Å². The number of methoxy groups -OCH3 is 1. The normalized spacial score (nSPS) is 12.1. The van der Waals surface area contributed by atoms with Crippen LogP contribution in [0.3, 0.4) is 0 Å². The highest BCUT2D eigenvalue weighted by Gasteiger charge is 2.26. The number of carbonyl (C=O) groups excluding carboxylic acids is 2. The summed E-state index contributed by atoms with van der Waals surface area (Å²) in [6.45, 7) is 5.28. The van der Waals surface area contributed by atoms with Crippen molar-refractivity contribution in [2.75, 3.05) is 7.11 Å². The standard InChI is InChI=1S/C14H19NO4/c1-8(2)12(14(18)19-4)15-13(17)10-6-5-7-11(16)9(10)3/h5-8,12,16H,1-4H3,(H,15,17). The Bertz CT molecular complexity index is 482. The average molecular weight is 265 g/mol. The van der Waals surface area contributed by atoms with Crippen molar-refractivity contribution in [1.29, 1.82) is 0 Å². The van der Waals surface area contributed by atoms with Crippen molar-refractivity contribution < 1.29 is 19.4 Å². The summed E-state index contributed by atoms with van der Waals surface area (Å²) in [5, 5.41) is 12.2. The molecule has 0 spiro atoms. The largest absolute Gasteiger partial charge is 0.508 e. The van der Waals surface area contributed by atoms with Crippen molar-refractivity contribution in [2.45, 2.75) is 26.8 Å². The highest BCUT2D eigenvalue weighted by Crippen LogP contribution is 2.19. The van der Waals surface area contributed by atoms with Gasteiger partial charge in [-0.15, -0.1) is 0 Å². The molecule has 1 rings (SSSR count). The molecule has 104 valence electrons. The Balaban J connectivity index is 2.94. The summed E-state index contributed by atoms with van der Waals surface area (Å²) in [4.78, 5) is 23.7. The van der Waals surface area contributed by atoms with Gasteiger partial charge in [-0.2, -0.15) is 0 Å². The van der Waals surface area contributed by atoms with Crippen molar-refractivity contribution in [3.8, 4) is 5.75 Å². The van der Waals surface area contributed by atoms with Gasteiger partial charge in [-0.1, -0.05) is 19.9 Å². The zero-order chi connectivity index (χ0) is 14.6. The summed E-state index contributed by atoms with van der Waals surface area (Å²) in [6.07, 6.45) is 0. The number of rotatable bonds is 4. The Hall–Kier alpha value is -2.04. The fourth-order valence-electron chi connectivity index (χ4n) is 1.71. The second-order valence-corrected chi connectivity index (χ2v) is 4.67. The van der Waals surface area contributed by atoms with E-state index in [9.17, 15) is 14.7 Å².